The smallest absolute Gasteiger partial charge is 0.0253 e. The van der Waals surface area contributed by atoms with Crippen molar-refractivity contribution in [3.8, 4) is 0 Å². The second-order valence-electron chi connectivity index (χ2n) is 9.63. The van der Waals surface area contributed by atoms with Gasteiger partial charge in [0.2, 0.25) is 0 Å². The first-order chi connectivity index (χ1) is 15.3. The lowest BCUT2D eigenvalue weighted by molar-refractivity contribution is 0.0323. The van der Waals surface area contributed by atoms with Crippen LogP contribution >= 0.6 is 0 Å². The van der Waals surface area contributed by atoms with E-state index < -0.39 is 0 Å². The highest BCUT2D eigenvalue weighted by Gasteiger charge is 2.40. The Labute approximate surface area is 188 Å². The minimum atomic E-state index is 0.404. The molecule has 1 nitrogen and oxygen atoms in total. The fourth-order valence-electron chi connectivity index (χ4n) is 6.15. The van der Waals surface area contributed by atoms with Crippen LogP contribution in [-0.2, 0) is 12.8 Å². The Hall–Kier alpha value is -2.38. The summed E-state index contributed by atoms with van der Waals surface area (Å²) in [5.74, 6) is 0.496. The summed E-state index contributed by atoms with van der Waals surface area (Å²) in [6.07, 6.45) is 10.5. The lowest BCUT2D eigenvalue weighted by Crippen LogP contribution is -2.55. The molecule has 1 fully saturated rings. The standard InChI is InChI=1S/C30H35N/c1-3-13-26(14-4-1)29(27-15-5-2-6-16-27)18-11-23-31-22-10-9-20-30(31)21-19-25-12-7-8-17-28(25)24-30/h1-8,12-17,29H,9-11,18-24H2. The number of likely N-dealkylation sites (tertiary alicyclic amines) is 1. The highest BCUT2D eigenvalue weighted by molar-refractivity contribution is 5.33. The molecule has 1 spiro atoms. The van der Waals surface area contributed by atoms with Gasteiger partial charge in [0.1, 0.15) is 0 Å². The molecule has 0 N–H and O–H groups in total. The molecular weight excluding hydrogens is 374 g/mol. The summed E-state index contributed by atoms with van der Waals surface area (Å²) in [7, 11) is 0. The number of benzene rings is 3. The molecule has 1 heteroatoms. The summed E-state index contributed by atoms with van der Waals surface area (Å²) < 4.78 is 0. The third-order valence-corrected chi connectivity index (χ3v) is 7.81. The summed E-state index contributed by atoms with van der Waals surface area (Å²) in [6.45, 7) is 2.52. The van der Waals surface area contributed by atoms with E-state index in [1.807, 2.05) is 0 Å². The molecular formula is C30H35N. The van der Waals surface area contributed by atoms with Crippen molar-refractivity contribution in [2.45, 2.75) is 62.8 Å². The zero-order chi connectivity index (χ0) is 20.9. The maximum Gasteiger partial charge on any atom is 0.0253 e. The van der Waals surface area contributed by atoms with Crippen molar-refractivity contribution in [3.05, 3.63) is 107 Å². The van der Waals surface area contributed by atoms with Crippen molar-refractivity contribution >= 4 is 0 Å². The molecule has 3 aromatic rings. The predicted molar refractivity (Wildman–Crippen MR) is 131 cm³/mol. The van der Waals surface area contributed by atoms with Gasteiger partial charge in [-0.3, -0.25) is 4.90 Å². The van der Waals surface area contributed by atoms with E-state index in [1.54, 1.807) is 11.1 Å². The van der Waals surface area contributed by atoms with Crippen molar-refractivity contribution in [3.63, 3.8) is 0 Å². The van der Waals surface area contributed by atoms with Crippen LogP contribution in [0, 0.1) is 0 Å². The summed E-state index contributed by atoms with van der Waals surface area (Å²) >= 11 is 0. The fraction of sp³-hybridized carbons (Fsp3) is 0.400. The quantitative estimate of drug-likeness (QED) is 0.423. The molecule has 0 saturated carbocycles. The van der Waals surface area contributed by atoms with Crippen LogP contribution in [0.1, 0.15) is 66.7 Å². The molecule has 5 rings (SSSR count). The van der Waals surface area contributed by atoms with Crippen LogP contribution in [0.5, 0.6) is 0 Å². The Morgan fingerprint density at radius 3 is 2.06 bits per heavy atom. The van der Waals surface area contributed by atoms with Crippen LogP contribution in [0.25, 0.3) is 0 Å². The summed E-state index contributed by atoms with van der Waals surface area (Å²) in [5.41, 5.74) is 6.50. The van der Waals surface area contributed by atoms with E-state index in [0.29, 0.717) is 11.5 Å². The zero-order valence-electron chi connectivity index (χ0n) is 18.7. The average Bonchev–Trinajstić information content (AvgIpc) is 2.84. The van der Waals surface area contributed by atoms with E-state index in [9.17, 15) is 0 Å². The van der Waals surface area contributed by atoms with Gasteiger partial charge in [-0.2, -0.15) is 0 Å². The third-order valence-electron chi connectivity index (χ3n) is 7.81. The SMILES string of the molecule is c1ccc(C(CCCN2CCCCC23CCc2ccccc2C3)c2ccccc2)cc1. The monoisotopic (exact) mass is 409 g/mol. The van der Waals surface area contributed by atoms with Gasteiger partial charge in [0, 0.05) is 11.5 Å². The van der Waals surface area contributed by atoms with Crippen molar-refractivity contribution in [2.24, 2.45) is 0 Å². The van der Waals surface area contributed by atoms with Gasteiger partial charge in [-0.15, -0.1) is 0 Å². The number of aryl methyl sites for hydroxylation is 1. The minimum absolute atomic E-state index is 0.404. The van der Waals surface area contributed by atoms with Crippen LogP contribution in [0.2, 0.25) is 0 Å². The molecule has 160 valence electrons. The molecule has 1 unspecified atom stereocenters. The Balaban J connectivity index is 1.30. The van der Waals surface area contributed by atoms with Crippen LogP contribution in [0.15, 0.2) is 84.9 Å². The van der Waals surface area contributed by atoms with Crippen molar-refractivity contribution in [2.75, 3.05) is 13.1 Å². The van der Waals surface area contributed by atoms with E-state index in [4.69, 9.17) is 0 Å². The van der Waals surface area contributed by atoms with E-state index in [0.717, 1.165) is 0 Å². The number of rotatable bonds is 6. The molecule has 1 heterocycles. The third kappa shape index (κ3) is 4.48. The topological polar surface area (TPSA) is 3.24 Å². The van der Waals surface area contributed by atoms with Crippen LogP contribution in [-0.4, -0.2) is 23.5 Å². The summed E-state index contributed by atoms with van der Waals surface area (Å²) in [4.78, 5) is 2.89. The Morgan fingerprint density at radius 2 is 1.35 bits per heavy atom. The van der Waals surface area contributed by atoms with Gasteiger partial charge in [0.05, 0.1) is 0 Å². The lowest BCUT2D eigenvalue weighted by atomic mass is 9.72. The number of hydrogen-bond acceptors (Lipinski definition) is 1. The van der Waals surface area contributed by atoms with Crippen molar-refractivity contribution in [1.29, 1.82) is 0 Å². The van der Waals surface area contributed by atoms with E-state index in [2.05, 4.69) is 89.8 Å². The summed E-state index contributed by atoms with van der Waals surface area (Å²) in [6, 6.07) is 31.4. The number of fused-ring (bicyclic) bond motifs is 1. The largest absolute Gasteiger partial charge is 0.297 e. The fourth-order valence-corrected chi connectivity index (χ4v) is 6.15. The number of piperidine rings is 1. The number of nitrogens with zero attached hydrogens (tertiary/aromatic N) is 1. The first kappa shape index (κ1) is 20.5. The first-order valence-corrected chi connectivity index (χ1v) is 12.3. The first-order valence-electron chi connectivity index (χ1n) is 12.3. The Kier molecular flexibility index (Phi) is 6.22. The molecule has 1 aliphatic heterocycles. The molecule has 0 bridgehead atoms. The van der Waals surface area contributed by atoms with Crippen LogP contribution in [0.4, 0.5) is 0 Å². The Bertz CT molecular complexity index is 924. The molecule has 3 aromatic carbocycles. The predicted octanol–water partition coefficient (Wildman–Crippen LogP) is 7.01. The molecule has 0 aromatic heterocycles. The number of hydrogen-bond donors (Lipinski definition) is 0. The maximum atomic E-state index is 2.89. The molecule has 0 amide bonds. The van der Waals surface area contributed by atoms with E-state index >= 15 is 0 Å². The second-order valence-corrected chi connectivity index (χ2v) is 9.63. The highest BCUT2D eigenvalue weighted by atomic mass is 15.2. The Morgan fingerprint density at radius 1 is 0.710 bits per heavy atom. The molecule has 0 radical (unpaired) electrons. The highest BCUT2D eigenvalue weighted by Crippen LogP contribution is 2.40. The van der Waals surface area contributed by atoms with Gasteiger partial charge in [-0.25, -0.2) is 0 Å². The van der Waals surface area contributed by atoms with E-state index in [-0.39, 0.29) is 0 Å². The van der Waals surface area contributed by atoms with Gasteiger partial charge >= 0.3 is 0 Å². The van der Waals surface area contributed by atoms with Gasteiger partial charge in [-0.1, -0.05) is 91.3 Å². The van der Waals surface area contributed by atoms with Gasteiger partial charge in [-0.05, 0) is 80.3 Å². The van der Waals surface area contributed by atoms with Crippen molar-refractivity contribution in [1.82, 2.24) is 4.90 Å². The lowest BCUT2D eigenvalue weighted by Gasteiger charge is -2.50. The van der Waals surface area contributed by atoms with Gasteiger partial charge in [0.25, 0.3) is 0 Å². The maximum absolute atomic E-state index is 2.89. The normalized spacial score (nSPS) is 21.3. The molecule has 1 aliphatic carbocycles. The van der Waals surface area contributed by atoms with E-state index in [1.165, 1.54) is 75.6 Å². The molecule has 1 saturated heterocycles. The van der Waals surface area contributed by atoms with Crippen LogP contribution in [0.3, 0.4) is 0 Å². The van der Waals surface area contributed by atoms with Gasteiger partial charge < -0.3 is 0 Å². The summed E-state index contributed by atoms with van der Waals surface area (Å²) in [5, 5.41) is 0. The molecule has 31 heavy (non-hydrogen) atoms. The zero-order valence-corrected chi connectivity index (χ0v) is 18.7. The van der Waals surface area contributed by atoms with Crippen LogP contribution < -0.4 is 0 Å². The molecule has 2 aliphatic rings. The molecule has 1 atom stereocenters. The second kappa shape index (κ2) is 9.40. The van der Waals surface area contributed by atoms with Crippen molar-refractivity contribution < 1.29 is 0 Å². The average molecular weight is 410 g/mol. The van der Waals surface area contributed by atoms with Gasteiger partial charge in [0.15, 0.2) is 0 Å². The minimum Gasteiger partial charge on any atom is -0.297 e.